The van der Waals surface area contributed by atoms with Gasteiger partial charge in [0.25, 0.3) is 0 Å². The molecular weight excluding hydrogens is 454 g/mol. The SMILES string of the molecule is c1cncc(COc2cc3nc(Nc4cccc(Cn5cncn5)c4)ncc3cc2-c2cc[nH]n2)c1. The van der Waals surface area contributed by atoms with Crippen molar-refractivity contribution in [2.75, 3.05) is 5.32 Å². The zero-order chi connectivity index (χ0) is 24.2. The molecule has 10 heteroatoms. The van der Waals surface area contributed by atoms with E-state index in [-0.39, 0.29) is 0 Å². The van der Waals surface area contributed by atoms with Crippen molar-refractivity contribution in [3.63, 3.8) is 0 Å². The molecule has 4 heterocycles. The van der Waals surface area contributed by atoms with Crippen molar-refractivity contribution < 1.29 is 4.74 Å². The highest BCUT2D eigenvalue weighted by Gasteiger charge is 2.13. The second-order valence-corrected chi connectivity index (χ2v) is 8.13. The number of hydrogen-bond acceptors (Lipinski definition) is 8. The van der Waals surface area contributed by atoms with Crippen LogP contribution in [0.3, 0.4) is 0 Å². The third-order valence-electron chi connectivity index (χ3n) is 5.57. The van der Waals surface area contributed by atoms with Crippen LogP contribution >= 0.6 is 0 Å². The van der Waals surface area contributed by atoms with E-state index >= 15 is 0 Å². The molecule has 0 radical (unpaired) electrons. The van der Waals surface area contributed by atoms with Crippen molar-refractivity contribution in [1.82, 2.24) is 39.9 Å². The van der Waals surface area contributed by atoms with Crippen molar-refractivity contribution in [2.24, 2.45) is 0 Å². The van der Waals surface area contributed by atoms with Crippen molar-refractivity contribution in [3.8, 4) is 17.0 Å². The van der Waals surface area contributed by atoms with E-state index in [4.69, 9.17) is 9.72 Å². The number of nitrogens with one attached hydrogen (secondary N) is 2. The van der Waals surface area contributed by atoms with Crippen LogP contribution in [0.4, 0.5) is 11.6 Å². The van der Waals surface area contributed by atoms with Crippen molar-refractivity contribution in [1.29, 1.82) is 0 Å². The van der Waals surface area contributed by atoms with E-state index in [0.717, 1.165) is 39.0 Å². The van der Waals surface area contributed by atoms with Crippen molar-refractivity contribution in [2.45, 2.75) is 13.2 Å². The number of rotatable bonds is 8. The maximum atomic E-state index is 6.19. The highest BCUT2D eigenvalue weighted by atomic mass is 16.5. The van der Waals surface area contributed by atoms with E-state index in [1.807, 2.05) is 54.6 Å². The van der Waals surface area contributed by atoms with Gasteiger partial charge in [-0.05, 0) is 35.9 Å². The van der Waals surface area contributed by atoms with Gasteiger partial charge in [0.05, 0.1) is 17.8 Å². The Bertz CT molecular complexity index is 1580. The maximum Gasteiger partial charge on any atom is 0.227 e. The number of aromatic nitrogens is 8. The summed E-state index contributed by atoms with van der Waals surface area (Å²) < 4.78 is 7.96. The van der Waals surface area contributed by atoms with Crippen LogP contribution in [0.15, 0.2) is 92.0 Å². The molecule has 4 aromatic heterocycles. The van der Waals surface area contributed by atoms with Gasteiger partial charge in [0.15, 0.2) is 0 Å². The quantitative estimate of drug-likeness (QED) is 0.333. The summed E-state index contributed by atoms with van der Waals surface area (Å²) in [6, 6.07) is 17.7. The fraction of sp³-hybridized carbons (Fsp3) is 0.0769. The van der Waals surface area contributed by atoms with E-state index in [0.29, 0.717) is 24.8 Å². The third-order valence-corrected chi connectivity index (χ3v) is 5.57. The smallest absolute Gasteiger partial charge is 0.227 e. The van der Waals surface area contributed by atoms with E-state index in [2.05, 4.69) is 35.6 Å². The molecule has 2 N–H and O–H groups in total. The van der Waals surface area contributed by atoms with Crippen LogP contribution < -0.4 is 10.1 Å². The Morgan fingerprint density at radius 2 is 1.94 bits per heavy atom. The predicted octanol–water partition coefficient (Wildman–Crippen LogP) is 4.38. The molecule has 0 fully saturated rings. The molecule has 10 nitrogen and oxygen atoms in total. The molecule has 0 unspecified atom stereocenters. The van der Waals surface area contributed by atoms with Gasteiger partial charge in [-0.25, -0.2) is 19.6 Å². The van der Waals surface area contributed by atoms with Gasteiger partial charge >= 0.3 is 0 Å². The van der Waals surface area contributed by atoms with Gasteiger partial charge in [-0.15, -0.1) is 0 Å². The first kappa shape index (κ1) is 21.4. The lowest BCUT2D eigenvalue weighted by Crippen LogP contribution is -2.02. The molecule has 0 saturated carbocycles. The van der Waals surface area contributed by atoms with Crippen LogP contribution in [-0.4, -0.2) is 39.9 Å². The first-order valence-electron chi connectivity index (χ1n) is 11.3. The summed E-state index contributed by atoms with van der Waals surface area (Å²) in [6.45, 7) is 1.01. The Labute approximate surface area is 206 Å². The van der Waals surface area contributed by atoms with Crippen molar-refractivity contribution in [3.05, 3.63) is 103 Å². The number of pyridine rings is 1. The Morgan fingerprint density at radius 3 is 2.78 bits per heavy atom. The van der Waals surface area contributed by atoms with Gasteiger partial charge in [-0.3, -0.25) is 10.1 Å². The average Bonchev–Trinajstić information content (AvgIpc) is 3.63. The lowest BCUT2D eigenvalue weighted by Gasteiger charge is -2.13. The summed E-state index contributed by atoms with van der Waals surface area (Å²) >= 11 is 0. The number of benzene rings is 2. The standard InChI is InChI=1S/C26H21N9O/c1-3-18(14-35-17-28-16-31-35)9-21(5-1)32-26-29-13-20-10-22(23-6-8-30-34-23)25(11-24(20)33-26)36-15-19-4-2-7-27-12-19/h1-13,16-17H,14-15H2,(H,30,34)(H,29,32,33). The number of nitrogens with zero attached hydrogens (tertiary/aromatic N) is 7. The van der Waals surface area contributed by atoms with Gasteiger partial charge in [0.1, 0.15) is 25.0 Å². The molecule has 176 valence electrons. The first-order chi connectivity index (χ1) is 17.8. The molecule has 0 bridgehead atoms. The number of fused-ring (bicyclic) bond motifs is 1. The highest BCUT2D eigenvalue weighted by Crippen LogP contribution is 2.33. The lowest BCUT2D eigenvalue weighted by atomic mass is 10.1. The summed E-state index contributed by atoms with van der Waals surface area (Å²) in [5.41, 5.74) is 5.34. The Morgan fingerprint density at radius 1 is 0.972 bits per heavy atom. The molecule has 0 amide bonds. The second-order valence-electron chi connectivity index (χ2n) is 8.13. The van der Waals surface area contributed by atoms with E-state index in [9.17, 15) is 0 Å². The van der Waals surface area contributed by atoms with Gasteiger partial charge in [0.2, 0.25) is 5.95 Å². The minimum atomic E-state index is 0.380. The maximum absolute atomic E-state index is 6.19. The minimum absolute atomic E-state index is 0.380. The normalized spacial score (nSPS) is 11.0. The van der Waals surface area contributed by atoms with Crippen LogP contribution in [0.2, 0.25) is 0 Å². The molecule has 0 aliphatic heterocycles. The number of aromatic amines is 1. The van der Waals surface area contributed by atoms with Crippen LogP contribution in [0.5, 0.6) is 5.75 Å². The molecular formula is C26H21N9O. The van der Waals surface area contributed by atoms with Crippen LogP contribution in [0.25, 0.3) is 22.2 Å². The molecule has 6 aromatic rings. The summed E-state index contributed by atoms with van der Waals surface area (Å²) in [6.07, 6.45) is 10.3. The Kier molecular flexibility index (Phi) is 5.73. The van der Waals surface area contributed by atoms with E-state index in [1.165, 1.54) is 6.33 Å². The molecule has 2 aromatic carbocycles. The molecule has 0 spiro atoms. The molecule has 0 aliphatic carbocycles. The molecule has 0 aliphatic rings. The van der Waals surface area contributed by atoms with Crippen LogP contribution in [-0.2, 0) is 13.2 Å². The minimum Gasteiger partial charge on any atom is -0.488 e. The largest absolute Gasteiger partial charge is 0.488 e. The number of anilines is 2. The van der Waals surface area contributed by atoms with Crippen molar-refractivity contribution >= 4 is 22.5 Å². The zero-order valence-electron chi connectivity index (χ0n) is 19.1. The van der Waals surface area contributed by atoms with Crippen LogP contribution in [0.1, 0.15) is 11.1 Å². The summed E-state index contributed by atoms with van der Waals surface area (Å²) in [5.74, 6) is 1.17. The van der Waals surface area contributed by atoms with Gasteiger partial charge in [0, 0.05) is 53.1 Å². The number of hydrogen-bond donors (Lipinski definition) is 2. The fourth-order valence-corrected chi connectivity index (χ4v) is 3.87. The van der Waals surface area contributed by atoms with Gasteiger partial charge < -0.3 is 10.1 Å². The summed E-state index contributed by atoms with van der Waals surface area (Å²) in [7, 11) is 0. The lowest BCUT2D eigenvalue weighted by molar-refractivity contribution is 0.307. The molecule has 36 heavy (non-hydrogen) atoms. The molecule has 6 rings (SSSR count). The fourth-order valence-electron chi connectivity index (χ4n) is 3.87. The zero-order valence-corrected chi connectivity index (χ0v) is 19.1. The number of ether oxygens (including phenoxy) is 1. The van der Waals surface area contributed by atoms with E-state index < -0.39 is 0 Å². The highest BCUT2D eigenvalue weighted by molar-refractivity contribution is 5.87. The number of H-pyrrole nitrogens is 1. The van der Waals surface area contributed by atoms with Gasteiger partial charge in [-0.1, -0.05) is 18.2 Å². The van der Waals surface area contributed by atoms with E-state index in [1.54, 1.807) is 35.8 Å². The van der Waals surface area contributed by atoms with Crippen LogP contribution in [0, 0.1) is 0 Å². The molecule has 0 saturated heterocycles. The predicted molar refractivity (Wildman–Crippen MR) is 135 cm³/mol. The Balaban J connectivity index is 1.29. The Hall–Kier alpha value is -5.12. The summed E-state index contributed by atoms with van der Waals surface area (Å²) in [4.78, 5) is 17.4. The topological polar surface area (TPSA) is 119 Å². The third kappa shape index (κ3) is 4.73. The van der Waals surface area contributed by atoms with Gasteiger partial charge in [-0.2, -0.15) is 10.2 Å². The molecule has 0 atom stereocenters. The average molecular weight is 476 g/mol. The summed E-state index contributed by atoms with van der Waals surface area (Å²) in [5, 5.41) is 15.6. The second kappa shape index (κ2) is 9.63. The monoisotopic (exact) mass is 475 g/mol. The first-order valence-corrected chi connectivity index (χ1v) is 11.3.